The normalized spacial score (nSPS) is 10.2. The van der Waals surface area contributed by atoms with Crippen LogP contribution in [0.4, 0.5) is 4.39 Å². The van der Waals surface area contributed by atoms with Gasteiger partial charge in [0.15, 0.2) is 5.78 Å². The molecule has 0 aliphatic carbocycles. The molecule has 1 aromatic carbocycles. The number of pyridine rings is 1. The van der Waals surface area contributed by atoms with Crippen LogP contribution in [-0.2, 0) is 6.42 Å². The first-order chi connectivity index (χ1) is 8.16. The summed E-state index contributed by atoms with van der Waals surface area (Å²) in [7, 11) is 0. The molecule has 0 saturated carbocycles. The van der Waals surface area contributed by atoms with Crippen molar-refractivity contribution in [3.05, 3.63) is 64.1 Å². The van der Waals surface area contributed by atoms with Crippen LogP contribution in [0, 0.1) is 5.82 Å². The molecule has 0 bridgehead atoms. The number of halogens is 2. The van der Waals surface area contributed by atoms with E-state index >= 15 is 0 Å². The number of carbonyl (C=O) groups is 1. The van der Waals surface area contributed by atoms with E-state index in [1.54, 1.807) is 18.5 Å². The molecule has 0 unspecified atom stereocenters. The van der Waals surface area contributed by atoms with Gasteiger partial charge in [0.2, 0.25) is 0 Å². The Bertz CT molecular complexity index is 539. The molecule has 2 nitrogen and oxygen atoms in total. The van der Waals surface area contributed by atoms with Crippen molar-refractivity contribution in [1.82, 2.24) is 4.98 Å². The van der Waals surface area contributed by atoms with E-state index < -0.39 is 0 Å². The maximum atomic E-state index is 12.7. The maximum absolute atomic E-state index is 12.7. The number of hydrogen-bond donors (Lipinski definition) is 0. The van der Waals surface area contributed by atoms with E-state index in [2.05, 4.69) is 20.9 Å². The molecule has 2 aromatic rings. The van der Waals surface area contributed by atoms with Crippen LogP contribution in [0.15, 0.2) is 47.2 Å². The van der Waals surface area contributed by atoms with E-state index in [-0.39, 0.29) is 18.0 Å². The summed E-state index contributed by atoms with van der Waals surface area (Å²) in [5.41, 5.74) is 1.38. The standard InChI is InChI=1S/C13H9BrFNO/c14-12-8-16-6-5-10(12)7-13(17)9-1-3-11(15)4-2-9/h1-6,8H,7H2. The lowest BCUT2D eigenvalue weighted by molar-refractivity contribution is 0.0993. The van der Waals surface area contributed by atoms with Gasteiger partial charge in [0.25, 0.3) is 0 Å². The topological polar surface area (TPSA) is 30.0 Å². The van der Waals surface area contributed by atoms with E-state index in [1.807, 2.05) is 0 Å². The highest BCUT2D eigenvalue weighted by Crippen LogP contribution is 2.17. The average Bonchev–Trinajstić information content (AvgIpc) is 2.33. The zero-order valence-corrected chi connectivity index (χ0v) is 10.4. The van der Waals surface area contributed by atoms with Crippen molar-refractivity contribution in [3.8, 4) is 0 Å². The summed E-state index contributed by atoms with van der Waals surface area (Å²) in [5, 5.41) is 0. The highest BCUT2D eigenvalue weighted by Gasteiger charge is 2.09. The van der Waals surface area contributed by atoms with E-state index in [4.69, 9.17) is 0 Å². The van der Waals surface area contributed by atoms with E-state index in [0.29, 0.717) is 5.56 Å². The highest BCUT2D eigenvalue weighted by molar-refractivity contribution is 9.10. The Morgan fingerprint density at radius 3 is 2.59 bits per heavy atom. The molecule has 2 rings (SSSR count). The molecular formula is C13H9BrFNO. The fourth-order valence-corrected chi connectivity index (χ4v) is 1.85. The Labute approximate surface area is 107 Å². The van der Waals surface area contributed by atoms with Gasteiger partial charge in [-0.3, -0.25) is 9.78 Å². The number of Topliss-reactive ketones (excluding diaryl/α,β-unsaturated/α-hetero) is 1. The van der Waals surface area contributed by atoms with Crippen LogP contribution >= 0.6 is 15.9 Å². The third-order valence-electron chi connectivity index (χ3n) is 2.37. The Hall–Kier alpha value is -1.55. The van der Waals surface area contributed by atoms with Crippen molar-refractivity contribution in [1.29, 1.82) is 0 Å². The van der Waals surface area contributed by atoms with E-state index in [1.165, 1.54) is 24.3 Å². The van der Waals surface area contributed by atoms with Gasteiger partial charge < -0.3 is 0 Å². The molecule has 1 aromatic heterocycles. The first kappa shape index (κ1) is 11.9. The predicted octanol–water partition coefficient (Wildman–Crippen LogP) is 3.41. The van der Waals surface area contributed by atoms with Crippen molar-refractivity contribution < 1.29 is 9.18 Å². The summed E-state index contributed by atoms with van der Waals surface area (Å²) in [6.45, 7) is 0. The molecule has 1 heterocycles. The molecule has 0 atom stereocenters. The largest absolute Gasteiger partial charge is 0.294 e. The number of aromatic nitrogens is 1. The number of hydrogen-bond acceptors (Lipinski definition) is 2. The molecular weight excluding hydrogens is 285 g/mol. The zero-order valence-electron chi connectivity index (χ0n) is 8.86. The molecule has 0 aliphatic rings. The molecule has 4 heteroatoms. The molecule has 0 radical (unpaired) electrons. The van der Waals surface area contributed by atoms with Crippen LogP contribution in [0.2, 0.25) is 0 Å². The Kier molecular flexibility index (Phi) is 3.64. The van der Waals surface area contributed by atoms with Crippen LogP contribution in [0.3, 0.4) is 0 Å². The first-order valence-electron chi connectivity index (χ1n) is 5.04. The molecule has 0 aliphatic heterocycles. The van der Waals surface area contributed by atoms with Crippen molar-refractivity contribution >= 4 is 21.7 Å². The van der Waals surface area contributed by atoms with E-state index in [9.17, 15) is 9.18 Å². The molecule has 0 N–H and O–H groups in total. The van der Waals surface area contributed by atoms with Crippen LogP contribution in [0.5, 0.6) is 0 Å². The average molecular weight is 294 g/mol. The van der Waals surface area contributed by atoms with Crippen molar-refractivity contribution in [2.24, 2.45) is 0 Å². The van der Waals surface area contributed by atoms with Crippen LogP contribution in [0.1, 0.15) is 15.9 Å². The highest BCUT2D eigenvalue weighted by atomic mass is 79.9. The molecule has 0 spiro atoms. The number of ketones is 1. The number of benzene rings is 1. The van der Waals surface area contributed by atoms with Gasteiger partial charge >= 0.3 is 0 Å². The number of rotatable bonds is 3. The molecule has 0 fully saturated rings. The fraction of sp³-hybridized carbons (Fsp3) is 0.0769. The molecule has 0 amide bonds. The van der Waals surface area contributed by atoms with Crippen LogP contribution in [0.25, 0.3) is 0 Å². The minimum Gasteiger partial charge on any atom is -0.294 e. The third-order valence-corrected chi connectivity index (χ3v) is 3.09. The Morgan fingerprint density at radius 1 is 1.24 bits per heavy atom. The molecule has 17 heavy (non-hydrogen) atoms. The number of nitrogens with zero attached hydrogens (tertiary/aromatic N) is 1. The minimum absolute atomic E-state index is 0.0445. The Morgan fingerprint density at radius 2 is 1.94 bits per heavy atom. The predicted molar refractivity (Wildman–Crippen MR) is 66.4 cm³/mol. The quantitative estimate of drug-likeness (QED) is 0.812. The van der Waals surface area contributed by atoms with Gasteiger partial charge in [-0.15, -0.1) is 0 Å². The van der Waals surface area contributed by atoms with Gasteiger partial charge in [0, 0.05) is 28.9 Å². The molecule has 86 valence electrons. The second kappa shape index (κ2) is 5.19. The SMILES string of the molecule is O=C(Cc1ccncc1Br)c1ccc(F)cc1. The number of carbonyl (C=O) groups excluding carboxylic acids is 1. The van der Waals surface area contributed by atoms with Crippen LogP contribution < -0.4 is 0 Å². The Balaban J connectivity index is 2.17. The van der Waals surface area contributed by atoms with Gasteiger partial charge in [0.1, 0.15) is 5.82 Å². The van der Waals surface area contributed by atoms with Gasteiger partial charge in [-0.2, -0.15) is 0 Å². The lowest BCUT2D eigenvalue weighted by atomic mass is 10.0. The van der Waals surface area contributed by atoms with Gasteiger partial charge in [-0.25, -0.2) is 4.39 Å². The monoisotopic (exact) mass is 293 g/mol. The smallest absolute Gasteiger partial charge is 0.167 e. The van der Waals surface area contributed by atoms with Gasteiger partial charge in [0.05, 0.1) is 0 Å². The summed E-state index contributed by atoms with van der Waals surface area (Å²) in [5.74, 6) is -0.386. The summed E-state index contributed by atoms with van der Waals surface area (Å²) < 4.78 is 13.5. The second-order valence-electron chi connectivity index (χ2n) is 3.57. The first-order valence-corrected chi connectivity index (χ1v) is 5.83. The second-order valence-corrected chi connectivity index (χ2v) is 4.43. The van der Waals surface area contributed by atoms with Crippen LogP contribution in [-0.4, -0.2) is 10.8 Å². The fourth-order valence-electron chi connectivity index (χ4n) is 1.46. The zero-order chi connectivity index (χ0) is 12.3. The minimum atomic E-state index is -0.341. The summed E-state index contributed by atoms with van der Waals surface area (Å²) >= 11 is 3.33. The van der Waals surface area contributed by atoms with Crippen molar-refractivity contribution in [2.45, 2.75) is 6.42 Å². The van der Waals surface area contributed by atoms with Crippen molar-refractivity contribution in [3.63, 3.8) is 0 Å². The van der Waals surface area contributed by atoms with Gasteiger partial charge in [-0.1, -0.05) is 0 Å². The van der Waals surface area contributed by atoms with Crippen molar-refractivity contribution in [2.75, 3.05) is 0 Å². The lowest BCUT2D eigenvalue weighted by Gasteiger charge is -2.03. The lowest BCUT2D eigenvalue weighted by Crippen LogP contribution is -2.04. The van der Waals surface area contributed by atoms with E-state index in [0.717, 1.165) is 10.0 Å². The maximum Gasteiger partial charge on any atom is 0.167 e. The third kappa shape index (κ3) is 2.97. The summed E-state index contributed by atoms with van der Waals surface area (Å²) in [6, 6.07) is 7.34. The summed E-state index contributed by atoms with van der Waals surface area (Å²) in [6.07, 6.45) is 3.56. The molecule has 0 saturated heterocycles. The van der Waals surface area contributed by atoms with Gasteiger partial charge in [-0.05, 0) is 51.8 Å². The summed E-state index contributed by atoms with van der Waals surface area (Å²) in [4.78, 5) is 15.8.